The van der Waals surface area contributed by atoms with Gasteiger partial charge in [-0.1, -0.05) is 0 Å². The number of nitrogen functional groups attached to an aromatic ring is 1. The Balaban J connectivity index is 1.58. The molecule has 2 aromatic heterocycles. The molecule has 16 heteroatoms. The van der Waals surface area contributed by atoms with E-state index in [1.54, 1.807) is 25.3 Å². The molecule has 0 aromatic carbocycles. The van der Waals surface area contributed by atoms with E-state index < -0.39 is 65.9 Å². The Bertz CT molecular complexity index is 1330. The van der Waals surface area contributed by atoms with Crippen LogP contribution in [-0.2, 0) is 49.3 Å². The molecule has 1 aliphatic carbocycles. The highest BCUT2D eigenvalue weighted by molar-refractivity contribution is 5.76. The average Bonchev–Trinajstić information content (AvgIpc) is 3.48. The van der Waals surface area contributed by atoms with Crippen LogP contribution in [0.2, 0.25) is 0 Å². The first-order valence-corrected chi connectivity index (χ1v) is 12.2. The molecule has 1 fully saturated rings. The van der Waals surface area contributed by atoms with Gasteiger partial charge in [0, 0.05) is 0 Å². The van der Waals surface area contributed by atoms with Crippen molar-refractivity contribution in [1.29, 1.82) is 0 Å². The first kappa shape index (κ1) is 30.3. The van der Waals surface area contributed by atoms with Crippen molar-refractivity contribution in [3.05, 3.63) is 16.7 Å². The van der Waals surface area contributed by atoms with Crippen LogP contribution in [0, 0.1) is 10.8 Å². The highest BCUT2D eigenvalue weighted by Gasteiger charge is 2.45. The molecular weight excluding hydrogens is 534 g/mol. The van der Waals surface area contributed by atoms with Gasteiger partial charge in [-0.05, 0) is 54.4 Å². The number of nitrogens with two attached hydrogens (primary N) is 1. The molecule has 1 saturated carbocycles. The summed E-state index contributed by atoms with van der Waals surface area (Å²) in [6.45, 7) is 6.18. The first-order valence-electron chi connectivity index (χ1n) is 12.2. The number of nitrogens with one attached hydrogen (secondary N) is 1. The maximum Gasteiger partial charge on any atom is 0.516 e. The van der Waals surface area contributed by atoms with Crippen molar-refractivity contribution in [3.63, 3.8) is 0 Å². The molecule has 0 amide bonds. The quantitative estimate of drug-likeness (QED) is 0.306. The van der Waals surface area contributed by atoms with Gasteiger partial charge in [0.05, 0.1) is 29.3 Å². The fourth-order valence-corrected chi connectivity index (χ4v) is 3.03. The number of fused-ring (bicyclic) bond motifs is 1. The number of ether oxygens (including phenoxy) is 6. The van der Waals surface area contributed by atoms with E-state index in [9.17, 15) is 24.0 Å². The molecule has 3 N–H and O–H groups in total. The third-order valence-corrected chi connectivity index (χ3v) is 5.47. The second-order valence-electron chi connectivity index (χ2n) is 11.2. The van der Waals surface area contributed by atoms with Crippen LogP contribution in [0.4, 0.5) is 10.7 Å². The molecule has 1 aliphatic rings. The van der Waals surface area contributed by atoms with Crippen molar-refractivity contribution in [3.8, 4) is 0 Å². The molecule has 0 saturated heterocycles. The number of anilines is 1. The lowest BCUT2D eigenvalue weighted by Crippen LogP contribution is -2.36. The summed E-state index contributed by atoms with van der Waals surface area (Å²) >= 11 is 0. The molecule has 16 nitrogen and oxygen atoms in total. The van der Waals surface area contributed by atoms with Crippen molar-refractivity contribution in [2.75, 3.05) is 19.1 Å². The maximum atomic E-state index is 12.5. The van der Waals surface area contributed by atoms with E-state index in [0.717, 1.165) is 0 Å². The Labute approximate surface area is 228 Å². The third kappa shape index (κ3) is 8.14. The first-order chi connectivity index (χ1) is 18.5. The summed E-state index contributed by atoms with van der Waals surface area (Å²) in [6, 6.07) is 0. The molecule has 220 valence electrons. The Morgan fingerprint density at radius 3 is 2.27 bits per heavy atom. The van der Waals surface area contributed by atoms with E-state index >= 15 is 0 Å². The second-order valence-corrected chi connectivity index (χ2v) is 11.2. The summed E-state index contributed by atoms with van der Waals surface area (Å²) in [6.07, 6.45) is 1.15. The average molecular weight is 568 g/mol. The Hall–Kier alpha value is -4.21. The molecule has 0 radical (unpaired) electrons. The third-order valence-electron chi connectivity index (χ3n) is 5.47. The van der Waals surface area contributed by atoms with Gasteiger partial charge >= 0.3 is 30.5 Å². The second kappa shape index (κ2) is 11.5. The van der Waals surface area contributed by atoms with Crippen molar-refractivity contribution in [2.45, 2.75) is 73.0 Å². The summed E-state index contributed by atoms with van der Waals surface area (Å²) in [5.74, 6) is -2.57. The smallest absolute Gasteiger partial charge is 0.427 e. The predicted molar refractivity (Wildman–Crippen MR) is 134 cm³/mol. The Morgan fingerprint density at radius 2 is 1.68 bits per heavy atom. The van der Waals surface area contributed by atoms with Gasteiger partial charge in [0.1, 0.15) is 6.61 Å². The van der Waals surface area contributed by atoms with Crippen molar-refractivity contribution < 1.29 is 47.6 Å². The number of carbonyl (C=O) groups is 4. The number of aromatic amines is 1. The van der Waals surface area contributed by atoms with Crippen LogP contribution in [0.15, 0.2) is 11.1 Å². The minimum Gasteiger partial charge on any atom is -0.427 e. The van der Waals surface area contributed by atoms with Crippen molar-refractivity contribution >= 4 is 41.2 Å². The van der Waals surface area contributed by atoms with Gasteiger partial charge in [0.25, 0.3) is 5.56 Å². The summed E-state index contributed by atoms with van der Waals surface area (Å²) in [5, 5.41) is 0. The zero-order valence-electron chi connectivity index (χ0n) is 23.1. The van der Waals surface area contributed by atoms with Crippen LogP contribution in [0.3, 0.4) is 0 Å². The number of carbonyl (C=O) groups excluding carboxylic acids is 4. The highest BCUT2D eigenvalue weighted by atomic mass is 16.9. The summed E-state index contributed by atoms with van der Waals surface area (Å²) in [7, 11) is 0. The summed E-state index contributed by atoms with van der Waals surface area (Å²) in [4.78, 5) is 71.2. The number of rotatable bonds is 10. The number of H-pyrrole nitrogens is 1. The Kier molecular flexibility index (Phi) is 8.72. The molecule has 2 aromatic rings. The van der Waals surface area contributed by atoms with E-state index in [4.69, 9.17) is 29.4 Å². The fraction of sp³-hybridized carbons (Fsp3) is 0.625. The molecule has 0 aliphatic heterocycles. The van der Waals surface area contributed by atoms with Gasteiger partial charge in [-0.25, -0.2) is 14.6 Å². The minimum absolute atomic E-state index is 0.0738. The zero-order valence-corrected chi connectivity index (χ0v) is 23.1. The lowest BCUT2D eigenvalue weighted by Gasteiger charge is -2.23. The van der Waals surface area contributed by atoms with Gasteiger partial charge in [0.15, 0.2) is 11.2 Å². The van der Waals surface area contributed by atoms with Crippen LogP contribution in [-0.4, -0.2) is 69.1 Å². The van der Waals surface area contributed by atoms with Gasteiger partial charge in [-0.15, -0.1) is 0 Å². The molecule has 2 heterocycles. The van der Waals surface area contributed by atoms with Gasteiger partial charge < -0.3 is 38.7 Å². The number of hydrogen-bond donors (Lipinski definition) is 2. The largest absolute Gasteiger partial charge is 0.516 e. The Morgan fingerprint density at radius 1 is 1.02 bits per heavy atom. The van der Waals surface area contributed by atoms with Gasteiger partial charge in [-0.3, -0.25) is 19.4 Å². The molecule has 0 bridgehead atoms. The van der Waals surface area contributed by atoms with Crippen LogP contribution < -0.4 is 11.3 Å². The van der Waals surface area contributed by atoms with E-state index in [2.05, 4.69) is 19.7 Å². The number of esters is 3. The van der Waals surface area contributed by atoms with Crippen LogP contribution in [0.1, 0.15) is 54.4 Å². The summed E-state index contributed by atoms with van der Waals surface area (Å²) < 4.78 is 31.6. The molecule has 40 heavy (non-hydrogen) atoms. The van der Waals surface area contributed by atoms with Crippen LogP contribution >= 0.6 is 0 Å². The molecule has 0 spiro atoms. The van der Waals surface area contributed by atoms with Crippen LogP contribution in [0.25, 0.3) is 11.2 Å². The number of hydrogen-bond acceptors (Lipinski definition) is 14. The van der Waals surface area contributed by atoms with E-state index in [0.29, 0.717) is 12.8 Å². The monoisotopic (exact) mass is 567 g/mol. The summed E-state index contributed by atoms with van der Waals surface area (Å²) in [5.41, 5.74) is 2.86. The SMILES string of the molecule is CC(C)(C)C(=O)OCOC(=O)OC(OC(=O)COC1(Cn2cnc3c(=O)[nH]c(N)nc32)CC1)OC(=O)C(C)(C)C. The molecule has 3 rings (SSSR count). The lowest BCUT2D eigenvalue weighted by molar-refractivity contribution is -0.258. The normalized spacial score (nSPS) is 15.2. The minimum atomic E-state index is -2.10. The molecular formula is C24H33N5O11. The maximum absolute atomic E-state index is 12.5. The standard InChI is InChI=1S/C24H33N5O11/c1-22(2,3)17(32)35-12-36-20(34)40-21(39-18(33)23(4,5)6)38-13(30)9-37-24(7-8-24)10-29-11-26-14-15(29)27-19(25)28-16(14)31/h11,21H,7-10,12H2,1-6H3,(H3,25,27,28,31). The van der Waals surface area contributed by atoms with Gasteiger partial charge in [0.2, 0.25) is 12.7 Å². The van der Waals surface area contributed by atoms with E-state index in [1.807, 2.05) is 0 Å². The predicted octanol–water partition coefficient (Wildman–Crippen LogP) is 1.37. The van der Waals surface area contributed by atoms with Crippen molar-refractivity contribution in [2.24, 2.45) is 10.8 Å². The number of imidazole rings is 1. The highest BCUT2D eigenvalue weighted by Crippen LogP contribution is 2.41. The van der Waals surface area contributed by atoms with Crippen molar-refractivity contribution in [1.82, 2.24) is 19.5 Å². The fourth-order valence-electron chi connectivity index (χ4n) is 3.03. The lowest BCUT2D eigenvalue weighted by atomic mass is 9.97. The van der Waals surface area contributed by atoms with E-state index in [1.165, 1.54) is 27.1 Å². The molecule has 1 atom stereocenters. The number of nitrogens with zero attached hydrogens (tertiary/aromatic N) is 3. The van der Waals surface area contributed by atoms with Crippen LogP contribution in [0.5, 0.6) is 0 Å². The molecule has 1 unspecified atom stereocenters. The van der Waals surface area contributed by atoms with E-state index in [-0.39, 0.29) is 23.7 Å². The zero-order chi connectivity index (χ0) is 29.9. The van der Waals surface area contributed by atoms with Gasteiger partial charge in [-0.2, -0.15) is 4.98 Å². The number of aromatic nitrogens is 4. The topological polar surface area (TPSA) is 213 Å².